The molecule has 3 nitrogen and oxygen atoms in total. The molecule has 0 spiro atoms. The maximum atomic E-state index is 12.8. The molecule has 0 fully saturated rings. The monoisotopic (exact) mass is 383 g/mol. The number of carbonyl (C=O) groups is 1. The summed E-state index contributed by atoms with van der Waals surface area (Å²) in [6.07, 6.45) is -4.39. The number of nitrogens with zero attached hydrogens (tertiary/aromatic N) is 1. The van der Waals surface area contributed by atoms with Gasteiger partial charge in [-0.25, -0.2) is 0 Å². The predicted octanol–water partition coefficient (Wildman–Crippen LogP) is 4.47. The lowest BCUT2D eigenvalue weighted by molar-refractivity contribution is -0.137. The van der Waals surface area contributed by atoms with Crippen LogP contribution in [0.3, 0.4) is 0 Å². The Kier molecular flexibility index (Phi) is 7.53. The maximum Gasteiger partial charge on any atom is 0.416 e. The van der Waals surface area contributed by atoms with Crippen molar-refractivity contribution < 1.29 is 22.7 Å². The third kappa shape index (κ3) is 6.38. The van der Waals surface area contributed by atoms with Gasteiger partial charge in [-0.1, -0.05) is 36.4 Å². The molecule has 0 radical (unpaired) electrons. The van der Waals surface area contributed by atoms with Crippen LogP contribution in [-0.2, 0) is 22.3 Å². The molecule has 7 heteroatoms. The number of methoxy groups -OCH3 is 1. The number of carbonyl (C=O) groups excluding carboxylic acids is 1. The lowest BCUT2D eigenvalue weighted by Crippen LogP contribution is -2.34. The smallest absolute Gasteiger partial charge is 0.383 e. The molecular formula is C19H20F3NO2S. The first-order valence-electron chi connectivity index (χ1n) is 8.01. The molecule has 0 bridgehead atoms. The van der Waals surface area contributed by atoms with Crippen LogP contribution in [0.2, 0.25) is 0 Å². The Balaban J connectivity index is 2.00. The Morgan fingerprint density at radius 3 is 2.50 bits per heavy atom. The van der Waals surface area contributed by atoms with E-state index < -0.39 is 11.7 Å². The molecule has 0 saturated carbocycles. The molecule has 0 aliphatic heterocycles. The van der Waals surface area contributed by atoms with E-state index in [1.54, 1.807) is 18.1 Å². The molecule has 0 saturated heterocycles. The van der Waals surface area contributed by atoms with Crippen LogP contribution >= 0.6 is 11.8 Å². The molecule has 0 aromatic heterocycles. The molecule has 26 heavy (non-hydrogen) atoms. The van der Waals surface area contributed by atoms with Crippen molar-refractivity contribution in [2.24, 2.45) is 0 Å². The van der Waals surface area contributed by atoms with E-state index in [1.807, 2.05) is 30.3 Å². The summed E-state index contributed by atoms with van der Waals surface area (Å²) in [5, 5.41) is 0. The lowest BCUT2D eigenvalue weighted by atomic mass is 10.2. The summed E-state index contributed by atoms with van der Waals surface area (Å²) in [7, 11) is 1.56. The van der Waals surface area contributed by atoms with Gasteiger partial charge in [-0.05, 0) is 23.8 Å². The minimum absolute atomic E-state index is 0.0673. The van der Waals surface area contributed by atoms with Crippen molar-refractivity contribution in [3.8, 4) is 0 Å². The fraction of sp³-hybridized carbons (Fsp3) is 0.316. The number of alkyl halides is 3. The number of hydrogen-bond donors (Lipinski definition) is 0. The van der Waals surface area contributed by atoms with Gasteiger partial charge in [-0.15, -0.1) is 11.8 Å². The normalized spacial score (nSPS) is 11.4. The highest BCUT2D eigenvalue weighted by Gasteiger charge is 2.30. The van der Waals surface area contributed by atoms with Crippen LogP contribution < -0.4 is 0 Å². The molecule has 140 valence electrons. The molecule has 0 unspecified atom stereocenters. The van der Waals surface area contributed by atoms with E-state index in [0.717, 1.165) is 29.5 Å². The summed E-state index contributed by atoms with van der Waals surface area (Å²) in [6, 6.07) is 14.5. The van der Waals surface area contributed by atoms with Crippen LogP contribution in [0, 0.1) is 0 Å². The summed E-state index contributed by atoms with van der Waals surface area (Å²) in [6.45, 7) is 1.26. The van der Waals surface area contributed by atoms with Crippen molar-refractivity contribution in [2.45, 2.75) is 17.6 Å². The number of rotatable bonds is 8. The van der Waals surface area contributed by atoms with Crippen LogP contribution in [0.1, 0.15) is 11.1 Å². The third-order valence-electron chi connectivity index (χ3n) is 3.66. The van der Waals surface area contributed by atoms with Crippen molar-refractivity contribution in [3.63, 3.8) is 0 Å². The van der Waals surface area contributed by atoms with Crippen molar-refractivity contribution in [1.29, 1.82) is 0 Å². The van der Waals surface area contributed by atoms with Gasteiger partial charge in [0.05, 0.1) is 17.9 Å². The molecule has 0 N–H and O–H groups in total. The van der Waals surface area contributed by atoms with E-state index in [1.165, 1.54) is 6.07 Å². The topological polar surface area (TPSA) is 29.5 Å². The van der Waals surface area contributed by atoms with Crippen molar-refractivity contribution in [3.05, 3.63) is 65.7 Å². The van der Waals surface area contributed by atoms with E-state index in [9.17, 15) is 18.0 Å². The summed E-state index contributed by atoms with van der Waals surface area (Å²) >= 11 is 1.10. The van der Waals surface area contributed by atoms with Gasteiger partial charge in [0, 0.05) is 25.1 Å². The highest BCUT2D eigenvalue weighted by Crippen LogP contribution is 2.31. The van der Waals surface area contributed by atoms with Gasteiger partial charge in [-0.3, -0.25) is 4.79 Å². The van der Waals surface area contributed by atoms with Crippen LogP contribution in [0.4, 0.5) is 13.2 Å². The average molecular weight is 383 g/mol. The second-order valence-corrected chi connectivity index (χ2v) is 6.66. The van der Waals surface area contributed by atoms with Gasteiger partial charge in [-0.2, -0.15) is 13.2 Å². The van der Waals surface area contributed by atoms with E-state index in [0.29, 0.717) is 24.6 Å². The predicted molar refractivity (Wildman–Crippen MR) is 95.9 cm³/mol. The molecular weight excluding hydrogens is 363 g/mol. The Morgan fingerprint density at radius 2 is 1.85 bits per heavy atom. The highest BCUT2D eigenvalue weighted by molar-refractivity contribution is 8.00. The molecule has 2 aromatic rings. The third-order valence-corrected chi connectivity index (χ3v) is 4.64. The Bertz CT molecular complexity index is 707. The fourth-order valence-electron chi connectivity index (χ4n) is 2.30. The summed E-state index contributed by atoms with van der Waals surface area (Å²) in [5.74, 6) is -0.0778. The zero-order chi connectivity index (χ0) is 19.0. The molecule has 2 rings (SSSR count). The largest absolute Gasteiger partial charge is 0.416 e. The summed E-state index contributed by atoms with van der Waals surface area (Å²) < 4.78 is 43.4. The highest BCUT2D eigenvalue weighted by atomic mass is 32.2. The zero-order valence-corrected chi connectivity index (χ0v) is 15.1. The fourth-order valence-corrected chi connectivity index (χ4v) is 3.15. The van der Waals surface area contributed by atoms with Gasteiger partial charge >= 0.3 is 6.18 Å². The minimum atomic E-state index is -4.39. The summed E-state index contributed by atoms with van der Waals surface area (Å²) in [4.78, 5) is 14.6. The van der Waals surface area contributed by atoms with E-state index >= 15 is 0 Å². The van der Waals surface area contributed by atoms with E-state index in [4.69, 9.17) is 4.74 Å². The van der Waals surface area contributed by atoms with Gasteiger partial charge < -0.3 is 9.64 Å². The van der Waals surface area contributed by atoms with Crippen LogP contribution in [0.25, 0.3) is 0 Å². The first-order chi connectivity index (χ1) is 12.4. The Labute approximate surface area is 155 Å². The van der Waals surface area contributed by atoms with Gasteiger partial charge in [0.1, 0.15) is 0 Å². The summed E-state index contributed by atoms with van der Waals surface area (Å²) in [5.41, 5.74) is 0.275. The van der Waals surface area contributed by atoms with Crippen molar-refractivity contribution in [2.75, 3.05) is 26.0 Å². The zero-order valence-electron chi connectivity index (χ0n) is 14.3. The number of hydrogen-bond acceptors (Lipinski definition) is 3. The first-order valence-corrected chi connectivity index (χ1v) is 8.99. The van der Waals surface area contributed by atoms with Crippen molar-refractivity contribution >= 4 is 17.7 Å². The number of ether oxygens (including phenoxy) is 1. The van der Waals surface area contributed by atoms with Gasteiger partial charge in [0.15, 0.2) is 0 Å². The standard InChI is InChI=1S/C19H20F3NO2S/c1-25-11-10-23(13-15-6-3-2-4-7-15)18(24)14-26-17-9-5-8-16(12-17)19(20,21)22/h2-9,12H,10-11,13-14H2,1H3. The molecule has 2 aromatic carbocycles. The minimum Gasteiger partial charge on any atom is -0.383 e. The average Bonchev–Trinajstić information content (AvgIpc) is 2.63. The van der Waals surface area contributed by atoms with E-state index in [2.05, 4.69) is 0 Å². The Morgan fingerprint density at radius 1 is 1.12 bits per heavy atom. The molecule has 0 aliphatic carbocycles. The first kappa shape index (κ1) is 20.3. The maximum absolute atomic E-state index is 12.8. The van der Waals surface area contributed by atoms with Gasteiger partial charge in [0.25, 0.3) is 0 Å². The number of amides is 1. The molecule has 1 amide bonds. The SMILES string of the molecule is COCCN(Cc1ccccc1)C(=O)CSc1cccc(C(F)(F)F)c1. The number of halogens is 3. The molecule has 0 heterocycles. The lowest BCUT2D eigenvalue weighted by Gasteiger charge is -2.22. The quantitative estimate of drug-likeness (QED) is 0.630. The second-order valence-electron chi connectivity index (χ2n) is 5.61. The van der Waals surface area contributed by atoms with Gasteiger partial charge in [0.2, 0.25) is 5.91 Å². The number of thioether (sulfide) groups is 1. The van der Waals surface area contributed by atoms with Crippen LogP contribution in [0.5, 0.6) is 0 Å². The second kappa shape index (κ2) is 9.64. The Hall–Kier alpha value is -1.99. The van der Waals surface area contributed by atoms with Crippen LogP contribution in [0.15, 0.2) is 59.5 Å². The van der Waals surface area contributed by atoms with Crippen LogP contribution in [-0.4, -0.2) is 36.8 Å². The number of benzene rings is 2. The molecule has 0 aliphatic rings. The molecule has 0 atom stereocenters. The van der Waals surface area contributed by atoms with Crippen molar-refractivity contribution in [1.82, 2.24) is 4.90 Å². The van der Waals surface area contributed by atoms with E-state index in [-0.39, 0.29) is 11.7 Å².